The average molecular weight is 282 g/mol. The molecule has 0 bridgehead atoms. The molecular formula is C16H31NOSi. The van der Waals surface area contributed by atoms with Gasteiger partial charge >= 0.3 is 0 Å². The highest BCUT2D eigenvalue weighted by molar-refractivity contribution is 6.80. The van der Waals surface area contributed by atoms with Gasteiger partial charge in [0.15, 0.2) is 0 Å². The standard InChI is InChI=1S/C16H31NOSi/c1-12-7-8-13-14(11-12)18-15(17-16(13,2)3)9-10-19(4,5)6/h9-10,12-15,17H,7-8,11H2,1-6H3/b10-9+/t12-,13-,14-,15+/m1/s1. The molecule has 1 N–H and O–H groups in total. The number of fused-ring (bicyclic) bond motifs is 1. The molecule has 0 spiro atoms. The van der Waals surface area contributed by atoms with Crippen LogP contribution in [0.2, 0.25) is 19.6 Å². The zero-order chi connectivity index (χ0) is 14.3. The topological polar surface area (TPSA) is 21.3 Å². The van der Waals surface area contributed by atoms with Crippen molar-refractivity contribution in [1.82, 2.24) is 5.32 Å². The van der Waals surface area contributed by atoms with Crippen LogP contribution in [0.25, 0.3) is 0 Å². The third-order valence-electron chi connectivity index (χ3n) is 4.59. The van der Waals surface area contributed by atoms with Gasteiger partial charge in [-0.25, -0.2) is 0 Å². The first kappa shape index (κ1) is 15.3. The molecule has 19 heavy (non-hydrogen) atoms. The molecule has 0 aromatic rings. The van der Waals surface area contributed by atoms with Gasteiger partial charge in [-0.05, 0) is 38.7 Å². The lowest BCUT2D eigenvalue weighted by molar-refractivity contribution is -0.136. The van der Waals surface area contributed by atoms with Crippen LogP contribution >= 0.6 is 0 Å². The van der Waals surface area contributed by atoms with Crippen molar-refractivity contribution in [2.45, 2.75) is 77.5 Å². The van der Waals surface area contributed by atoms with Crippen molar-refractivity contribution in [1.29, 1.82) is 0 Å². The molecule has 0 amide bonds. The quantitative estimate of drug-likeness (QED) is 0.774. The smallest absolute Gasteiger partial charge is 0.127 e. The summed E-state index contributed by atoms with van der Waals surface area (Å²) in [5, 5.41) is 3.69. The summed E-state index contributed by atoms with van der Waals surface area (Å²) in [6.07, 6.45) is 6.70. The molecule has 110 valence electrons. The molecule has 2 fully saturated rings. The van der Waals surface area contributed by atoms with E-state index in [0.29, 0.717) is 12.0 Å². The van der Waals surface area contributed by atoms with E-state index in [1.807, 2.05) is 0 Å². The van der Waals surface area contributed by atoms with Gasteiger partial charge in [-0.15, -0.1) is 0 Å². The summed E-state index contributed by atoms with van der Waals surface area (Å²) in [6.45, 7) is 14.1. The maximum atomic E-state index is 6.32. The summed E-state index contributed by atoms with van der Waals surface area (Å²) in [4.78, 5) is 0. The number of hydrogen-bond donors (Lipinski definition) is 1. The molecule has 3 heteroatoms. The summed E-state index contributed by atoms with van der Waals surface area (Å²) in [5.41, 5.74) is 2.59. The van der Waals surface area contributed by atoms with E-state index >= 15 is 0 Å². The molecule has 1 saturated carbocycles. The highest BCUT2D eigenvalue weighted by Crippen LogP contribution is 2.40. The highest BCUT2D eigenvalue weighted by atomic mass is 28.3. The fraction of sp³-hybridized carbons (Fsp3) is 0.875. The number of ether oxygens (including phenoxy) is 1. The minimum absolute atomic E-state index is 0.105. The Kier molecular flexibility index (Phi) is 4.29. The first-order valence-corrected chi connectivity index (χ1v) is 11.4. The molecule has 0 unspecified atom stereocenters. The van der Waals surface area contributed by atoms with Crippen molar-refractivity contribution in [2.24, 2.45) is 11.8 Å². The van der Waals surface area contributed by atoms with E-state index in [2.05, 4.69) is 57.5 Å². The molecule has 0 radical (unpaired) electrons. The van der Waals surface area contributed by atoms with Gasteiger partial charge in [0.1, 0.15) is 6.23 Å². The molecule has 1 heterocycles. The van der Waals surface area contributed by atoms with E-state index in [0.717, 1.165) is 5.92 Å². The highest BCUT2D eigenvalue weighted by Gasteiger charge is 2.44. The van der Waals surface area contributed by atoms with E-state index in [1.165, 1.54) is 19.3 Å². The Morgan fingerprint density at radius 1 is 1.21 bits per heavy atom. The summed E-state index contributed by atoms with van der Waals surface area (Å²) in [7, 11) is -1.15. The van der Waals surface area contributed by atoms with Gasteiger partial charge in [-0.3, -0.25) is 5.32 Å². The van der Waals surface area contributed by atoms with Crippen molar-refractivity contribution in [3.8, 4) is 0 Å². The van der Waals surface area contributed by atoms with Gasteiger partial charge < -0.3 is 4.74 Å². The Hall–Kier alpha value is -0.123. The second kappa shape index (κ2) is 5.34. The van der Waals surface area contributed by atoms with E-state index < -0.39 is 8.07 Å². The molecule has 2 nitrogen and oxygen atoms in total. The normalized spacial score (nSPS) is 39.3. The zero-order valence-electron chi connectivity index (χ0n) is 13.5. The van der Waals surface area contributed by atoms with Crippen LogP contribution in [0.4, 0.5) is 0 Å². The Morgan fingerprint density at radius 2 is 1.89 bits per heavy atom. The SMILES string of the molecule is C[C@@H]1CC[C@@H]2[C@@H](C1)O[C@@H](/C=C/[Si](C)(C)C)NC2(C)C. The van der Waals surface area contributed by atoms with Crippen LogP contribution in [0, 0.1) is 11.8 Å². The van der Waals surface area contributed by atoms with Crippen LogP contribution < -0.4 is 5.32 Å². The summed E-state index contributed by atoms with van der Waals surface area (Å²) < 4.78 is 6.32. The Balaban J connectivity index is 2.08. The molecule has 1 saturated heterocycles. The lowest BCUT2D eigenvalue weighted by Crippen LogP contribution is -2.62. The van der Waals surface area contributed by atoms with Crippen LogP contribution in [0.5, 0.6) is 0 Å². The molecule has 0 aromatic heterocycles. The molecule has 1 aliphatic carbocycles. The van der Waals surface area contributed by atoms with E-state index in [-0.39, 0.29) is 11.8 Å². The van der Waals surface area contributed by atoms with Crippen molar-refractivity contribution >= 4 is 8.07 Å². The summed E-state index contributed by atoms with van der Waals surface area (Å²) in [6, 6.07) is 0. The van der Waals surface area contributed by atoms with Crippen molar-refractivity contribution in [2.75, 3.05) is 0 Å². The minimum Gasteiger partial charge on any atom is -0.356 e. The van der Waals surface area contributed by atoms with Crippen molar-refractivity contribution in [3.63, 3.8) is 0 Å². The fourth-order valence-electron chi connectivity index (χ4n) is 3.47. The maximum Gasteiger partial charge on any atom is 0.127 e. The molecular weight excluding hydrogens is 250 g/mol. The van der Waals surface area contributed by atoms with Gasteiger partial charge in [0.05, 0.1) is 14.2 Å². The molecule has 2 rings (SSSR count). The molecule has 1 aliphatic heterocycles. The van der Waals surface area contributed by atoms with Gasteiger partial charge in [0.25, 0.3) is 0 Å². The van der Waals surface area contributed by atoms with Crippen LogP contribution in [-0.4, -0.2) is 25.9 Å². The first-order valence-electron chi connectivity index (χ1n) is 7.80. The number of nitrogens with one attached hydrogen (secondary N) is 1. The predicted octanol–water partition coefficient (Wildman–Crippen LogP) is 3.95. The Bertz CT molecular complexity index is 345. The second-order valence-corrected chi connectivity index (χ2v) is 13.3. The van der Waals surface area contributed by atoms with Gasteiger partial charge in [0, 0.05) is 11.5 Å². The first-order chi connectivity index (χ1) is 8.67. The van der Waals surface area contributed by atoms with Gasteiger partial charge in [-0.2, -0.15) is 0 Å². The third-order valence-corrected chi connectivity index (χ3v) is 5.78. The zero-order valence-corrected chi connectivity index (χ0v) is 14.5. The lowest BCUT2D eigenvalue weighted by Gasteiger charge is -2.51. The fourth-order valence-corrected chi connectivity index (χ4v) is 4.22. The van der Waals surface area contributed by atoms with Crippen LogP contribution in [0.15, 0.2) is 11.8 Å². The monoisotopic (exact) mass is 281 g/mol. The molecule has 4 atom stereocenters. The summed E-state index contributed by atoms with van der Waals surface area (Å²) >= 11 is 0. The van der Waals surface area contributed by atoms with E-state index in [4.69, 9.17) is 4.74 Å². The van der Waals surface area contributed by atoms with Crippen molar-refractivity contribution in [3.05, 3.63) is 11.8 Å². The maximum absolute atomic E-state index is 6.32. The van der Waals surface area contributed by atoms with Gasteiger partial charge in [0.2, 0.25) is 0 Å². The van der Waals surface area contributed by atoms with Crippen LogP contribution in [0.1, 0.15) is 40.0 Å². The van der Waals surface area contributed by atoms with Crippen molar-refractivity contribution < 1.29 is 4.74 Å². The minimum atomic E-state index is -1.15. The second-order valence-electron chi connectivity index (χ2n) is 8.21. The van der Waals surface area contributed by atoms with E-state index in [9.17, 15) is 0 Å². The number of rotatable bonds is 2. The largest absolute Gasteiger partial charge is 0.356 e. The van der Waals surface area contributed by atoms with Gasteiger partial charge in [-0.1, -0.05) is 38.7 Å². The van der Waals surface area contributed by atoms with E-state index in [1.54, 1.807) is 0 Å². The van der Waals surface area contributed by atoms with Crippen LogP contribution in [0.3, 0.4) is 0 Å². The van der Waals surface area contributed by atoms with Crippen LogP contribution in [-0.2, 0) is 4.74 Å². The predicted molar refractivity (Wildman–Crippen MR) is 84.9 cm³/mol. The summed E-state index contributed by atoms with van der Waals surface area (Å²) in [5.74, 6) is 1.48. The number of hydrogen-bond acceptors (Lipinski definition) is 2. The Morgan fingerprint density at radius 3 is 2.53 bits per heavy atom. The lowest BCUT2D eigenvalue weighted by atomic mass is 9.70. The molecule has 2 aliphatic rings. The Labute approximate surface area is 120 Å². The molecule has 0 aromatic carbocycles. The average Bonchev–Trinajstić information content (AvgIpc) is 2.23. The third kappa shape index (κ3) is 3.93.